The van der Waals surface area contributed by atoms with Gasteiger partial charge in [0.1, 0.15) is 11.8 Å². The maximum absolute atomic E-state index is 13.0. The van der Waals surface area contributed by atoms with Gasteiger partial charge in [0.05, 0.1) is 25.9 Å². The minimum absolute atomic E-state index is 0.0306. The molecular formula is C23H27F2N3O5. The first-order chi connectivity index (χ1) is 15.9. The fourth-order valence-corrected chi connectivity index (χ4v) is 3.16. The van der Waals surface area contributed by atoms with Crippen LogP contribution in [0.25, 0.3) is 0 Å². The Morgan fingerprint density at radius 3 is 2.64 bits per heavy atom. The minimum atomic E-state index is -0.923. The second-order valence-corrected chi connectivity index (χ2v) is 7.78. The molecule has 2 atom stereocenters. The molecular weight excluding hydrogens is 436 g/mol. The van der Waals surface area contributed by atoms with Gasteiger partial charge in [-0.2, -0.15) is 4.39 Å². The van der Waals surface area contributed by atoms with E-state index in [9.17, 15) is 18.4 Å². The second kappa shape index (κ2) is 11.7. The van der Waals surface area contributed by atoms with Gasteiger partial charge in [0, 0.05) is 24.8 Å². The predicted molar refractivity (Wildman–Crippen MR) is 116 cm³/mol. The minimum Gasteiger partial charge on any atom is -0.490 e. The Hall–Kier alpha value is -3.11. The van der Waals surface area contributed by atoms with Crippen LogP contribution in [-0.4, -0.2) is 55.9 Å². The van der Waals surface area contributed by atoms with Gasteiger partial charge in [0.25, 0.3) is 11.8 Å². The number of hydrogen-bond donors (Lipinski definition) is 2. The van der Waals surface area contributed by atoms with E-state index in [0.717, 1.165) is 18.9 Å². The van der Waals surface area contributed by atoms with Crippen LogP contribution in [0, 0.1) is 17.6 Å². The van der Waals surface area contributed by atoms with Gasteiger partial charge in [-0.3, -0.25) is 14.6 Å². The average Bonchev–Trinajstić information content (AvgIpc) is 3.22. The van der Waals surface area contributed by atoms with Crippen molar-refractivity contribution in [3.63, 3.8) is 0 Å². The molecule has 2 aliphatic rings. The summed E-state index contributed by atoms with van der Waals surface area (Å²) in [7, 11) is 1.53. The maximum atomic E-state index is 13.0. The lowest BCUT2D eigenvalue weighted by molar-refractivity contribution is -0.126. The molecule has 2 amide bonds. The molecule has 0 aliphatic carbocycles. The van der Waals surface area contributed by atoms with Crippen molar-refractivity contribution in [2.24, 2.45) is 5.92 Å². The molecule has 33 heavy (non-hydrogen) atoms. The van der Waals surface area contributed by atoms with Crippen LogP contribution < -0.4 is 15.4 Å². The van der Waals surface area contributed by atoms with E-state index >= 15 is 0 Å². The van der Waals surface area contributed by atoms with Crippen molar-refractivity contribution < 1.29 is 32.6 Å². The molecule has 2 saturated heterocycles. The van der Waals surface area contributed by atoms with Crippen LogP contribution >= 0.6 is 0 Å². The van der Waals surface area contributed by atoms with Crippen molar-refractivity contribution in [3.05, 3.63) is 53.9 Å². The fourth-order valence-electron chi connectivity index (χ4n) is 3.16. The molecule has 1 aromatic carbocycles. The fraction of sp³-hybridized carbons (Fsp3) is 0.435. The van der Waals surface area contributed by atoms with Gasteiger partial charge in [0.2, 0.25) is 5.82 Å². The third-order valence-electron chi connectivity index (χ3n) is 5.11. The van der Waals surface area contributed by atoms with Crippen molar-refractivity contribution in [2.75, 3.05) is 32.2 Å². The van der Waals surface area contributed by atoms with E-state index in [1.54, 1.807) is 6.07 Å². The van der Waals surface area contributed by atoms with Gasteiger partial charge in [-0.25, -0.2) is 4.39 Å². The Balaban J connectivity index is 0.000000194. The van der Waals surface area contributed by atoms with Crippen LogP contribution in [0.1, 0.15) is 30.3 Å². The van der Waals surface area contributed by atoms with Crippen LogP contribution in [-0.2, 0) is 14.3 Å². The standard InChI is InChI=1S/C13H17N3O3.C10H10F2O2/c1-8-3-4-11(19-8)13(18)16-9-5-6-15-10(7-9)12(17)14-2;11-8-2-1-3-9(10(8)12)14-6-7-4-13-5-7/h5-8,11H,3-4H2,1-2H3,(H,14,17)(H,15,16,18);1-3,7H,4-6H2. The number of aromatic nitrogens is 1. The number of benzene rings is 1. The lowest BCUT2D eigenvalue weighted by Gasteiger charge is -2.25. The largest absolute Gasteiger partial charge is 0.490 e. The summed E-state index contributed by atoms with van der Waals surface area (Å²) in [4.78, 5) is 27.3. The van der Waals surface area contributed by atoms with E-state index in [0.29, 0.717) is 31.4 Å². The van der Waals surface area contributed by atoms with Gasteiger partial charge < -0.3 is 24.8 Å². The van der Waals surface area contributed by atoms with E-state index in [1.165, 1.54) is 31.4 Å². The highest BCUT2D eigenvalue weighted by atomic mass is 19.2. The molecule has 0 radical (unpaired) electrons. The van der Waals surface area contributed by atoms with Crippen molar-refractivity contribution in [2.45, 2.75) is 32.0 Å². The quantitative estimate of drug-likeness (QED) is 0.684. The number of carbonyl (C=O) groups excluding carboxylic acids is 2. The number of amides is 2. The summed E-state index contributed by atoms with van der Waals surface area (Å²) in [5.41, 5.74) is 0.808. The van der Waals surface area contributed by atoms with E-state index in [-0.39, 0.29) is 29.4 Å². The molecule has 2 aliphatic heterocycles. The Bertz CT molecular complexity index is 971. The summed E-state index contributed by atoms with van der Waals surface area (Å²) in [5.74, 6) is -2.00. The van der Waals surface area contributed by atoms with Crippen molar-refractivity contribution in [3.8, 4) is 5.75 Å². The Morgan fingerprint density at radius 2 is 2.00 bits per heavy atom. The molecule has 4 rings (SSSR count). The van der Waals surface area contributed by atoms with Crippen LogP contribution in [0.3, 0.4) is 0 Å². The number of ether oxygens (including phenoxy) is 3. The highest BCUT2D eigenvalue weighted by Gasteiger charge is 2.28. The summed E-state index contributed by atoms with van der Waals surface area (Å²) in [5, 5.41) is 5.22. The van der Waals surface area contributed by atoms with Crippen molar-refractivity contribution >= 4 is 17.5 Å². The van der Waals surface area contributed by atoms with Gasteiger partial charge in [-0.15, -0.1) is 0 Å². The van der Waals surface area contributed by atoms with Crippen LogP contribution in [0.15, 0.2) is 36.5 Å². The summed E-state index contributed by atoms with van der Waals surface area (Å²) < 4.78 is 41.3. The zero-order chi connectivity index (χ0) is 23.8. The Labute approximate surface area is 190 Å². The normalized spacial score (nSPS) is 19.6. The predicted octanol–water partition coefficient (Wildman–Crippen LogP) is 2.94. The number of nitrogens with zero attached hydrogens (tertiary/aromatic N) is 1. The Kier molecular flexibility index (Phi) is 8.67. The molecule has 2 unspecified atom stereocenters. The molecule has 3 heterocycles. The van der Waals surface area contributed by atoms with Gasteiger partial charge >= 0.3 is 0 Å². The second-order valence-electron chi connectivity index (χ2n) is 7.78. The first kappa shape index (κ1) is 24.5. The monoisotopic (exact) mass is 463 g/mol. The molecule has 2 fully saturated rings. The van der Waals surface area contributed by atoms with Gasteiger partial charge in [-0.1, -0.05) is 6.07 Å². The summed E-state index contributed by atoms with van der Waals surface area (Å²) >= 11 is 0. The summed E-state index contributed by atoms with van der Waals surface area (Å²) in [6.07, 6.45) is 2.80. The molecule has 178 valence electrons. The van der Waals surface area contributed by atoms with E-state index in [1.807, 2.05) is 6.92 Å². The smallest absolute Gasteiger partial charge is 0.269 e. The molecule has 2 N–H and O–H groups in total. The van der Waals surface area contributed by atoms with E-state index in [2.05, 4.69) is 15.6 Å². The first-order valence-corrected chi connectivity index (χ1v) is 10.7. The molecule has 1 aromatic heterocycles. The third kappa shape index (κ3) is 6.93. The topological polar surface area (TPSA) is 98.8 Å². The zero-order valence-corrected chi connectivity index (χ0v) is 18.5. The van der Waals surface area contributed by atoms with Crippen molar-refractivity contribution in [1.82, 2.24) is 10.3 Å². The molecule has 8 nitrogen and oxygen atoms in total. The molecule has 10 heteroatoms. The number of halogens is 2. The maximum Gasteiger partial charge on any atom is 0.269 e. The highest BCUT2D eigenvalue weighted by molar-refractivity contribution is 5.97. The average molecular weight is 463 g/mol. The SMILES string of the molecule is CNC(=O)c1cc(NC(=O)C2CCC(C)O2)ccn1.Fc1cccc(OCC2COC2)c1F. The van der Waals surface area contributed by atoms with Gasteiger partial charge in [-0.05, 0) is 44.0 Å². The number of nitrogens with one attached hydrogen (secondary N) is 2. The van der Waals surface area contributed by atoms with Crippen molar-refractivity contribution in [1.29, 1.82) is 0 Å². The molecule has 0 bridgehead atoms. The zero-order valence-electron chi connectivity index (χ0n) is 18.5. The number of carbonyl (C=O) groups is 2. The van der Waals surface area contributed by atoms with E-state index < -0.39 is 17.7 Å². The number of rotatable bonds is 6. The van der Waals surface area contributed by atoms with Crippen LogP contribution in [0.5, 0.6) is 5.75 Å². The van der Waals surface area contributed by atoms with E-state index in [4.69, 9.17) is 14.2 Å². The lowest BCUT2D eigenvalue weighted by atomic mass is 10.1. The van der Waals surface area contributed by atoms with Crippen LogP contribution in [0.2, 0.25) is 0 Å². The molecule has 2 aromatic rings. The van der Waals surface area contributed by atoms with Crippen LogP contribution in [0.4, 0.5) is 14.5 Å². The molecule has 0 saturated carbocycles. The number of anilines is 1. The summed E-state index contributed by atoms with van der Waals surface area (Å²) in [6, 6.07) is 7.08. The molecule has 0 spiro atoms. The number of pyridine rings is 1. The third-order valence-corrected chi connectivity index (χ3v) is 5.11. The number of hydrogen-bond acceptors (Lipinski definition) is 6. The first-order valence-electron chi connectivity index (χ1n) is 10.7. The van der Waals surface area contributed by atoms with Gasteiger partial charge in [0.15, 0.2) is 11.6 Å². The Morgan fingerprint density at radius 1 is 1.21 bits per heavy atom. The summed E-state index contributed by atoms with van der Waals surface area (Å²) in [6.45, 7) is 3.59. The lowest BCUT2D eigenvalue weighted by Crippen LogP contribution is -2.32. The highest BCUT2D eigenvalue weighted by Crippen LogP contribution is 2.22.